The fraction of sp³-hybridized carbons (Fsp3) is 0.500. The van der Waals surface area contributed by atoms with Gasteiger partial charge in [0.2, 0.25) is 5.95 Å². The van der Waals surface area contributed by atoms with Gasteiger partial charge in [0.15, 0.2) is 0 Å². The Morgan fingerprint density at radius 3 is 2.81 bits per heavy atom. The van der Waals surface area contributed by atoms with Crippen LogP contribution in [0.5, 0.6) is 5.75 Å². The van der Waals surface area contributed by atoms with Crippen LogP contribution in [-0.2, 0) is 6.54 Å². The van der Waals surface area contributed by atoms with Crippen LogP contribution in [0.2, 0.25) is 0 Å². The molecular weight excluding hydrogens is 342 g/mol. The Hall–Kier alpha value is -2.38. The number of hydrogen-bond donors (Lipinski definition) is 2. The lowest BCUT2D eigenvalue weighted by atomic mass is 10.1. The van der Waals surface area contributed by atoms with Gasteiger partial charge in [-0.1, -0.05) is 18.2 Å². The van der Waals surface area contributed by atoms with Crippen molar-refractivity contribution in [2.75, 3.05) is 43.5 Å². The summed E-state index contributed by atoms with van der Waals surface area (Å²) in [6.45, 7) is 8.08. The summed E-state index contributed by atoms with van der Waals surface area (Å²) in [6.07, 6.45) is 0.715. The normalized spacial score (nSPS) is 17.9. The number of benzene rings is 1. The zero-order valence-corrected chi connectivity index (χ0v) is 16.1. The molecule has 0 aliphatic carbocycles. The number of aliphatic hydroxyl groups is 1. The van der Waals surface area contributed by atoms with E-state index in [0.29, 0.717) is 19.0 Å². The molecule has 1 aromatic heterocycles. The number of anilines is 2. The number of aromatic nitrogens is 2. The van der Waals surface area contributed by atoms with Crippen LogP contribution in [0.4, 0.5) is 11.8 Å². The van der Waals surface area contributed by atoms with Crippen LogP contribution in [0.1, 0.15) is 24.6 Å². The first kappa shape index (κ1) is 19.4. The topological polar surface area (TPSA) is 87.7 Å². The van der Waals surface area contributed by atoms with Crippen LogP contribution in [0.25, 0.3) is 0 Å². The highest BCUT2D eigenvalue weighted by molar-refractivity contribution is 5.44. The molecule has 3 rings (SSSR count). The van der Waals surface area contributed by atoms with Gasteiger partial charge in [0.05, 0.1) is 6.61 Å². The molecule has 0 bridgehead atoms. The highest BCUT2D eigenvalue weighted by Crippen LogP contribution is 2.25. The largest absolute Gasteiger partial charge is 0.494 e. The van der Waals surface area contributed by atoms with E-state index in [2.05, 4.69) is 25.8 Å². The summed E-state index contributed by atoms with van der Waals surface area (Å²) in [4.78, 5) is 13.2. The van der Waals surface area contributed by atoms with E-state index in [0.717, 1.165) is 43.4 Å². The summed E-state index contributed by atoms with van der Waals surface area (Å²) < 4.78 is 5.77. The van der Waals surface area contributed by atoms with Gasteiger partial charge in [-0.25, -0.2) is 4.98 Å². The Bertz CT molecular complexity index is 735. The molecule has 1 aliphatic rings. The van der Waals surface area contributed by atoms with Crippen molar-refractivity contribution < 1.29 is 9.84 Å². The predicted octanol–water partition coefficient (Wildman–Crippen LogP) is 1.84. The molecule has 0 radical (unpaired) electrons. The molecule has 1 saturated heterocycles. The van der Waals surface area contributed by atoms with Crippen molar-refractivity contribution in [1.29, 1.82) is 0 Å². The van der Waals surface area contributed by atoms with Crippen molar-refractivity contribution in [2.45, 2.75) is 32.9 Å². The fourth-order valence-electron chi connectivity index (χ4n) is 3.62. The molecule has 2 aromatic rings. The number of rotatable bonds is 7. The van der Waals surface area contributed by atoms with Crippen LogP contribution < -0.4 is 15.4 Å². The van der Waals surface area contributed by atoms with E-state index < -0.39 is 0 Å². The lowest BCUT2D eigenvalue weighted by Gasteiger charge is -2.42. The van der Waals surface area contributed by atoms with Crippen LogP contribution in [0.15, 0.2) is 30.3 Å². The van der Waals surface area contributed by atoms with Crippen LogP contribution in [0, 0.1) is 6.92 Å². The Labute approximate surface area is 160 Å². The van der Waals surface area contributed by atoms with Gasteiger partial charge >= 0.3 is 0 Å². The maximum absolute atomic E-state index is 9.57. The molecule has 0 spiro atoms. The summed E-state index contributed by atoms with van der Waals surface area (Å²) in [5, 5.41) is 9.57. The van der Waals surface area contributed by atoms with Crippen molar-refractivity contribution >= 4 is 11.8 Å². The number of piperazine rings is 1. The average Bonchev–Trinajstić information content (AvgIpc) is 2.64. The van der Waals surface area contributed by atoms with Crippen molar-refractivity contribution in [2.24, 2.45) is 0 Å². The van der Waals surface area contributed by atoms with Crippen molar-refractivity contribution in [3.63, 3.8) is 0 Å². The molecule has 27 heavy (non-hydrogen) atoms. The summed E-state index contributed by atoms with van der Waals surface area (Å²) in [7, 11) is 0. The minimum atomic E-state index is 0.160. The predicted molar refractivity (Wildman–Crippen MR) is 107 cm³/mol. The number of nitrogens with zero attached hydrogens (tertiary/aromatic N) is 4. The molecular formula is C20H29N5O2. The molecule has 1 unspecified atom stereocenters. The fourth-order valence-corrected chi connectivity index (χ4v) is 3.62. The first-order chi connectivity index (χ1) is 13.1. The van der Waals surface area contributed by atoms with Crippen LogP contribution >= 0.6 is 0 Å². The molecule has 7 nitrogen and oxygen atoms in total. The van der Waals surface area contributed by atoms with Gasteiger partial charge in [-0.05, 0) is 26.3 Å². The molecule has 0 saturated carbocycles. The van der Waals surface area contributed by atoms with E-state index in [-0.39, 0.29) is 12.6 Å². The molecule has 1 fully saturated rings. The molecule has 0 amide bonds. The van der Waals surface area contributed by atoms with E-state index >= 15 is 0 Å². The number of aryl methyl sites for hydroxylation is 1. The highest BCUT2D eigenvalue weighted by atomic mass is 16.5. The Morgan fingerprint density at radius 1 is 1.26 bits per heavy atom. The molecule has 1 aliphatic heterocycles. The van der Waals surface area contributed by atoms with Crippen LogP contribution in [-0.4, -0.2) is 58.9 Å². The quantitative estimate of drug-likeness (QED) is 0.768. The second kappa shape index (κ2) is 9.01. The van der Waals surface area contributed by atoms with Gasteiger partial charge in [-0.15, -0.1) is 0 Å². The summed E-state index contributed by atoms with van der Waals surface area (Å²) in [6, 6.07) is 10.4. The summed E-state index contributed by atoms with van der Waals surface area (Å²) in [5.74, 6) is 2.10. The Balaban J connectivity index is 1.75. The molecule has 3 N–H and O–H groups in total. The summed E-state index contributed by atoms with van der Waals surface area (Å²) in [5.41, 5.74) is 7.86. The van der Waals surface area contributed by atoms with Gasteiger partial charge in [-0.2, -0.15) is 4.98 Å². The van der Waals surface area contributed by atoms with Gasteiger partial charge in [-0.3, -0.25) is 4.90 Å². The third kappa shape index (κ3) is 4.87. The third-order valence-electron chi connectivity index (χ3n) is 4.89. The van der Waals surface area contributed by atoms with Gasteiger partial charge in [0.25, 0.3) is 0 Å². The summed E-state index contributed by atoms with van der Waals surface area (Å²) >= 11 is 0. The molecule has 1 aromatic carbocycles. The number of ether oxygens (including phenoxy) is 1. The van der Waals surface area contributed by atoms with E-state index in [1.165, 1.54) is 5.56 Å². The second-order valence-corrected chi connectivity index (χ2v) is 6.85. The molecule has 146 valence electrons. The first-order valence-corrected chi connectivity index (χ1v) is 9.52. The maximum Gasteiger partial charge on any atom is 0.222 e. The highest BCUT2D eigenvalue weighted by Gasteiger charge is 2.28. The SMILES string of the molecule is CCOc1ccccc1CN1CCN(c2cc(C)nc(N)n2)CC1CCO. The first-order valence-electron chi connectivity index (χ1n) is 9.52. The lowest BCUT2D eigenvalue weighted by molar-refractivity contribution is 0.134. The maximum atomic E-state index is 9.57. The van der Waals surface area contributed by atoms with Gasteiger partial charge < -0.3 is 20.5 Å². The Morgan fingerprint density at radius 2 is 2.07 bits per heavy atom. The minimum absolute atomic E-state index is 0.160. The van der Waals surface area contributed by atoms with E-state index in [4.69, 9.17) is 10.5 Å². The number of aliphatic hydroxyl groups excluding tert-OH is 1. The molecule has 2 heterocycles. The minimum Gasteiger partial charge on any atom is -0.494 e. The number of para-hydroxylation sites is 1. The standard InChI is InChI=1S/C20H29N5O2/c1-3-27-18-7-5-4-6-16(18)13-24-9-10-25(14-17(24)8-11-26)19-12-15(2)22-20(21)23-19/h4-7,12,17,26H,3,8-11,13-14H2,1-2H3,(H2,21,22,23). The zero-order chi connectivity index (χ0) is 19.2. The van der Waals surface area contributed by atoms with E-state index in [9.17, 15) is 5.11 Å². The van der Waals surface area contributed by atoms with Gasteiger partial charge in [0, 0.05) is 56.2 Å². The van der Waals surface area contributed by atoms with E-state index in [1.54, 1.807) is 0 Å². The monoisotopic (exact) mass is 371 g/mol. The zero-order valence-electron chi connectivity index (χ0n) is 16.1. The third-order valence-corrected chi connectivity index (χ3v) is 4.89. The Kier molecular flexibility index (Phi) is 6.47. The number of nitrogen functional groups attached to an aromatic ring is 1. The number of nitrogens with two attached hydrogens (primary N) is 1. The van der Waals surface area contributed by atoms with Crippen molar-refractivity contribution in [1.82, 2.24) is 14.9 Å². The number of hydrogen-bond acceptors (Lipinski definition) is 7. The average molecular weight is 371 g/mol. The van der Waals surface area contributed by atoms with Crippen LogP contribution in [0.3, 0.4) is 0 Å². The van der Waals surface area contributed by atoms with Gasteiger partial charge in [0.1, 0.15) is 11.6 Å². The second-order valence-electron chi connectivity index (χ2n) is 6.85. The van der Waals surface area contributed by atoms with Crippen molar-refractivity contribution in [3.8, 4) is 5.75 Å². The smallest absolute Gasteiger partial charge is 0.222 e. The molecule has 7 heteroatoms. The van der Waals surface area contributed by atoms with E-state index in [1.807, 2.05) is 38.1 Å². The van der Waals surface area contributed by atoms with Crippen molar-refractivity contribution in [3.05, 3.63) is 41.6 Å². The molecule has 1 atom stereocenters. The lowest BCUT2D eigenvalue weighted by Crippen LogP contribution is -2.53.